The van der Waals surface area contributed by atoms with Crippen molar-refractivity contribution in [2.24, 2.45) is 0 Å². The van der Waals surface area contributed by atoms with Crippen molar-refractivity contribution < 1.29 is 0 Å². The summed E-state index contributed by atoms with van der Waals surface area (Å²) in [5.41, 5.74) is 15.9. The van der Waals surface area contributed by atoms with Gasteiger partial charge in [0.25, 0.3) is 0 Å². The van der Waals surface area contributed by atoms with Gasteiger partial charge in [0.2, 0.25) is 0 Å². The molecule has 0 bridgehead atoms. The number of hydrogen-bond donors (Lipinski definition) is 0. The molecule has 0 fully saturated rings. The summed E-state index contributed by atoms with van der Waals surface area (Å²) in [5.74, 6) is 0. The number of nitrogens with zero attached hydrogens (tertiary/aromatic N) is 4. The van der Waals surface area contributed by atoms with Crippen LogP contribution in [0.15, 0.2) is 261 Å². The molecule has 342 valence electrons. The lowest BCUT2D eigenvalue weighted by atomic mass is 9.99. The largest absolute Gasteiger partial charge is 0.310 e. The number of halogens is 1. The first kappa shape index (κ1) is 41.4. The average Bonchev–Trinajstić information content (AvgIpc) is 4.09. The lowest BCUT2D eigenvalue weighted by molar-refractivity contribution is 1.18. The molecule has 0 saturated carbocycles. The number of benzene rings is 12. The zero-order valence-corrected chi connectivity index (χ0v) is 40.2. The summed E-state index contributed by atoms with van der Waals surface area (Å²) in [7, 11) is 0. The molecular formula is C68H43ClN4. The third kappa shape index (κ3) is 6.48. The number of fused-ring (bicyclic) bond motifs is 13. The summed E-state index contributed by atoms with van der Waals surface area (Å²) in [6.45, 7) is 0. The van der Waals surface area contributed by atoms with Crippen LogP contribution >= 0.6 is 11.6 Å². The van der Waals surface area contributed by atoms with Crippen molar-refractivity contribution in [3.8, 4) is 28.2 Å². The molecule has 0 saturated heterocycles. The van der Waals surface area contributed by atoms with E-state index in [1.807, 2.05) is 6.07 Å². The van der Waals surface area contributed by atoms with E-state index in [1.165, 1.54) is 70.5 Å². The molecule has 0 aliphatic carbocycles. The summed E-state index contributed by atoms with van der Waals surface area (Å²) >= 11 is 6.73. The zero-order valence-electron chi connectivity index (χ0n) is 39.5. The van der Waals surface area contributed by atoms with E-state index in [-0.39, 0.29) is 0 Å². The van der Waals surface area contributed by atoms with Crippen LogP contribution in [-0.2, 0) is 0 Å². The third-order valence-corrected chi connectivity index (χ3v) is 15.3. The topological polar surface area (TPSA) is 18.0 Å². The van der Waals surface area contributed by atoms with Gasteiger partial charge in [0.05, 0.1) is 33.1 Å². The molecule has 15 rings (SSSR count). The van der Waals surface area contributed by atoms with Crippen molar-refractivity contribution in [3.05, 3.63) is 266 Å². The number of aromatic nitrogens is 3. The van der Waals surface area contributed by atoms with Gasteiger partial charge in [-0.3, -0.25) is 0 Å². The molecule has 73 heavy (non-hydrogen) atoms. The Kier molecular flexibility index (Phi) is 9.28. The van der Waals surface area contributed by atoms with Gasteiger partial charge >= 0.3 is 0 Å². The molecule has 0 amide bonds. The maximum Gasteiger partial charge on any atom is 0.0562 e. The Balaban J connectivity index is 0.920. The predicted molar refractivity (Wildman–Crippen MR) is 310 cm³/mol. The molecule has 0 aliphatic rings. The fraction of sp³-hybridized carbons (Fsp3) is 0. The van der Waals surface area contributed by atoms with Crippen molar-refractivity contribution in [1.82, 2.24) is 13.7 Å². The Morgan fingerprint density at radius 1 is 0.260 bits per heavy atom. The average molecular weight is 952 g/mol. The maximum atomic E-state index is 6.73. The molecule has 0 spiro atoms. The minimum Gasteiger partial charge on any atom is -0.310 e. The van der Waals surface area contributed by atoms with Gasteiger partial charge in [-0.15, -0.1) is 0 Å². The zero-order chi connectivity index (χ0) is 48.1. The Hall–Kier alpha value is -9.35. The lowest BCUT2D eigenvalue weighted by Crippen LogP contribution is -2.10. The van der Waals surface area contributed by atoms with Gasteiger partial charge in [-0.25, -0.2) is 0 Å². The Morgan fingerprint density at radius 2 is 0.726 bits per heavy atom. The SMILES string of the molecule is Clc1ccc2c3c4ccc5c(c4ccc3n(-c3ccccc3)c2c1)c1ccc(N(c2ccc(-c3ccc4c(c3)c3ccccc3n4-c3ccccc3)cc2)c2ccc3ccccc3c2)cc1n5-c1ccccc1. The third-order valence-electron chi connectivity index (χ3n) is 15.0. The fourth-order valence-electron chi connectivity index (χ4n) is 11.8. The highest BCUT2D eigenvalue weighted by Gasteiger charge is 2.22. The smallest absolute Gasteiger partial charge is 0.0562 e. The number of para-hydroxylation sites is 4. The van der Waals surface area contributed by atoms with Crippen LogP contribution in [0.4, 0.5) is 17.1 Å². The minimum absolute atomic E-state index is 0.719. The van der Waals surface area contributed by atoms with E-state index >= 15 is 0 Å². The molecule has 3 heterocycles. The summed E-state index contributed by atoms with van der Waals surface area (Å²) in [6.07, 6.45) is 0. The molecule has 4 nitrogen and oxygen atoms in total. The van der Waals surface area contributed by atoms with E-state index < -0.39 is 0 Å². The Morgan fingerprint density at radius 3 is 1.38 bits per heavy atom. The molecule has 15 aromatic rings. The van der Waals surface area contributed by atoms with Gasteiger partial charge in [-0.1, -0.05) is 157 Å². The van der Waals surface area contributed by atoms with E-state index in [0.29, 0.717) is 0 Å². The molecule has 3 aromatic heterocycles. The summed E-state index contributed by atoms with van der Waals surface area (Å²) in [6, 6.07) is 94.8. The molecule has 5 heteroatoms. The van der Waals surface area contributed by atoms with Crippen LogP contribution in [-0.4, -0.2) is 13.7 Å². The van der Waals surface area contributed by atoms with Crippen molar-refractivity contribution in [1.29, 1.82) is 0 Å². The number of anilines is 3. The van der Waals surface area contributed by atoms with Crippen LogP contribution in [0.3, 0.4) is 0 Å². The summed E-state index contributed by atoms with van der Waals surface area (Å²) in [5, 5.41) is 12.8. The van der Waals surface area contributed by atoms with E-state index in [1.54, 1.807) is 0 Å². The normalized spacial score (nSPS) is 11.9. The van der Waals surface area contributed by atoms with Crippen molar-refractivity contribution in [3.63, 3.8) is 0 Å². The first-order valence-corrected chi connectivity index (χ1v) is 25.2. The second-order valence-electron chi connectivity index (χ2n) is 19.1. The number of rotatable bonds is 7. The molecule has 0 unspecified atom stereocenters. The molecular weight excluding hydrogens is 908 g/mol. The van der Waals surface area contributed by atoms with E-state index in [9.17, 15) is 0 Å². The van der Waals surface area contributed by atoms with Gasteiger partial charge in [0.1, 0.15) is 0 Å². The standard InChI is InChI=1S/C68H43ClN4/c69-48-28-33-58-65(42-48)72(50-18-6-2-7-19-50)63-38-35-57-56(67(58)63)36-39-64-68(57)59-34-32-54(43-66(59)73(64)51-20-8-3-9-21-51)70(53-31-26-44-14-10-11-15-46(44)40-53)52-29-24-45(25-30-52)47-27-37-62-60(41-47)55-22-12-13-23-61(55)71(62)49-16-4-1-5-17-49/h1-43H. The van der Waals surface area contributed by atoms with E-state index in [0.717, 1.165) is 66.8 Å². The summed E-state index contributed by atoms with van der Waals surface area (Å²) < 4.78 is 7.16. The van der Waals surface area contributed by atoms with Crippen LogP contribution in [0.2, 0.25) is 5.02 Å². The Bertz CT molecular complexity index is 4660. The molecule has 0 atom stereocenters. The van der Waals surface area contributed by atoms with Gasteiger partial charge in [0.15, 0.2) is 0 Å². The quantitative estimate of drug-likeness (QED) is 0.156. The van der Waals surface area contributed by atoms with Crippen molar-refractivity contribution in [2.75, 3.05) is 4.90 Å². The van der Waals surface area contributed by atoms with Gasteiger partial charge in [-0.05, 0) is 148 Å². The lowest BCUT2D eigenvalue weighted by Gasteiger charge is -2.26. The monoisotopic (exact) mass is 950 g/mol. The predicted octanol–water partition coefficient (Wildman–Crippen LogP) is 19.1. The van der Waals surface area contributed by atoms with E-state index in [4.69, 9.17) is 11.6 Å². The van der Waals surface area contributed by atoms with Gasteiger partial charge < -0.3 is 18.6 Å². The molecule has 0 aliphatic heterocycles. The van der Waals surface area contributed by atoms with Crippen LogP contribution in [0.25, 0.3) is 115 Å². The van der Waals surface area contributed by atoms with E-state index in [2.05, 4.69) is 273 Å². The molecule has 12 aromatic carbocycles. The maximum absolute atomic E-state index is 6.73. The second kappa shape index (κ2) is 16.4. The van der Waals surface area contributed by atoms with Crippen molar-refractivity contribution in [2.45, 2.75) is 0 Å². The number of hydrogen-bond acceptors (Lipinski definition) is 1. The molecule has 0 radical (unpaired) electrons. The van der Waals surface area contributed by atoms with Crippen LogP contribution in [0, 0.1) is 0 Å². The van der Waals surface area contributed by atoms with Crippen LogP contribution in [0.5, 0.6) is 0 Å². The van der Waals surface area contributed by atoms with Crippen LogP contribution < -0.4 is 4.90 Å². The highest BCUT2D eigenvalue weighted by atomic mass is 35.5. The minimum atomic E-state index is 0.719. The highest BCUT2D eigenvalue weighted by Crippen LogP contribution is 2.46. The van der Waals surface area contributed by atoms with Crippen molar-refractivity contribution >= 4 is 116 Å². The van der Waals surface area contributed by atoms with Crippen LogP contribution in [0.1, 0.15) is 0 Å². The first-order chi connectivity index (χ1) is 36.1. The second-order valence-corrected chi connectivity index (χ2v) is 19.5. The van der Waals surface area contributed by atoms with Gasteiger partial charge in [0, 0.05) is 71.5 Å². The fourth-order valence-corrected chi connectivity index (χ4v) is 12.0. The molecule has 0 N–H and O–H groups in total. The first-order valence-electron chi connectivity index (χ1n) is 24.9. The highest BCUT2D eigenvalue weighted by molar-refractivity contribution is 6.33. The summed E-state index contributed by atoms with van der Waals surface area (Å²) in [4.78, 5) is 2.41. The Labute approximate surface area is 426 Å². The van der Waals surface area contributed by atoms with Gasteiger partial charge in [-0.2, -0.15) is 0 Å².